The zero-order valence-electron chi connectivity index (χ0n) is 17.7. The van der Waals surface area contributed by atoms with Crippen molar-refractivity contribution in [3.8, 4) is 5.75 Å². The summed E-state index contributed by atoms with van der Waals surface area (Å²) in [5.41, 5.74) is -1.71. The molecule has 0 aliphatic carbocycles. The second-order valence-corrected chi connectivity index (χ2v) is 8.72. The summed E-state index contributed by atoms with van der Waals surface area (Å²) >= 11 is 0. The van der Waals surface area contributed by atoms with Crippen molar-refractivity contribution in [2.45, 2.75) is 45.0 Å². The molecular formula is C21H29F3N2O4S. The van der Waals surface area contributed by atoms with E-state index in [-0.39, 0.29) is 0 Å². The molecule has 174 valence electrons. The van der Waals surface area contributed by atoms with Gasteiger partial charge in [-0.3, -0.25) is 9.45 Å². The molecule has 31 heavy (non-hydrogen) atoms. The van der Waals surface area contributed by atoms with Crippen LogP contribution in [0.4, 0.5) is 13.2 Å². The smallest absolute Gasteiger partial charge is 0.491 e. The number of aromatic nitrogens is 1. The summed E-state index contributed by atoms with van der Waals surface area (Å²) in [6.45, 7) is 8.63. The van der Waals surface area contributed by atoms with E-state index in [1.165, 1.54) is 42.6 Å². The van der Waals surface area contributed by atoms with Gasteiger partial charge >= 0.3 is 15.6 Å². The van der Waals surface area contributed by atoms with Gasteiger partial charge in [0.1, 0.15) is 5.75 Å². The van der Waals surface area contributed by atoms with E-state index in [2.05, 4.69) is 54.1 Å². The Morgan fingerprint density at radius 2 is 1.94 bits per heavy atom. The SMILES string of the molecule is CCCCN1CC=C(c2cc3cccc(OCCC)c3[nH]2)CC1.O=S(=O)(O)C(F)(F)F. The Morgan fingerprint density at radius 3 is 2.48 bits per heavy atom. The highest BCUT2D eigenvalue weighted by atomic mass is 32.2. The van der Waals surface area contributed by atoms with Gasteiger partial charge in [0, 0.05) is 24.2 Å². The minimum Gasteiger partial charge on any atom is -0.491 e. The molecule has 0 radical (unpaired) electrons. The molecule has 2 aromatic rings. The predicted octanol–water partition coefficient (Wildman–Crippen LogP) is 5.24. The van der Waals surface area contributed by atoms with Crippen LogP contribution in [-0.2, 0) is 10.1 Å². The molecule has 0 saturated heterocycles. The average molecular weight is 463 g/mol. The maximum Gasteiger partial charge on any atom is 0.522 e. The van der Waals surface area contributed by atoms with Gasteiger partial charge < -0.3 is 9.72 Å². The van der Waals surface area contributed by atoms with Gasteiger partial charge in [-0.2, -0.15) is 21.6 Å². The number of hydrogen-bond donors (Lipinski definition) is 2. The third kappa shape index (κ3) is 7.26. The number of alkyl halides is 3. The summed E-state index contributed by atoms with van der Waals surface area (Å²) in [6.07, 6.45) is 7.12. The summed E-state index contributed by atoms with van der Waals surface area (Å²) in [5.74, 6) is 0.969. The molecule has 0 spiro atoms. The number of para-hydroxylation sites is 1. The topological polar surface area (TPSA) is 82.6 Å². The molecule has 1 aromatic carbocycles. The van der Waals surface area contributed by atoms with Crippen LogP contribution in [0.1, 0.15) is 45.2 Å². The Labute approximate surface area is 180 Å². The molecule has 0 fully saturated rings. The van der Waals surface area contributed by atoms with E-state index in [1.54, 1.807) is 0 Å². The number of unbranched alkanes of at least 4 members (excludes halogenated alkanes) is 1. The molecule has 0 unspecified atom stereocenters. The minimum atomic E-state index is -5.84. The van der Waals surface area contributed by atoms with E-state index in [0.717, 1.165) is 37.3 Å². The van der Waals surface area contributed by atoms with Crippen molar-refractivity contribution in [1.82, 2.24) is 9.88 Å². The molecule has 10 heteroatoms. The fourth-order valence-corrected chi connectivity index (χ4v) is 3.17. The maximum atomic E-state index is 10.7. The Bertz CT molecular complexity index is 984. The highest BCUT2D eigenvalue weighted by Crippen LogP contribution is 2.30. The summed E-state index contributed by atoms with van der Waals surface area (Å²) < 4.78 is 63.4. The van der Waals surface area contributed by atoms with Crippen molar-refractivity contribution in [2.24, 2.45) is 0 Å². The molecule has 0 amide bonds. The number of aromatic amines is 1. The van der Waals surface area contributed by atoms with E-state index in [9.17, 15) is 13.2 Å². The fraction of sp³-hybridized carbons (Fsp3) is 0.524. The van der Waals surface area contributed by atoms with Crippen LogP contribution in [0, 0.1) is 0 Å². The first-order valence-corrected chi connectivity index (χ1v) is 11.7. The van der Waals surface area contributed by atoms with Crippen LogP contribution in [0.25, 0.3) is 16.5 Å². The van der Waals surface area contributed by atoms with Crippen LogP contribution >= 0.6 is 0 Å². The quantitative estimate of drug-likeness (QED) is 0.434. The minimum absolute atomic E-state index is 0.766. The molecule has 0 bridgehead atoms. The van der Waals surface area contributed by atoms with E-state index >= 15 is 0 Å². The lowest BCUT2D eigenvalue weighted by atomic mass is 10.0. The van der Waals surface area contributed by atoms with Gasteiger partial charge in [0.25, 0.3) is 0 Å². The number of H-pyrrole nitrogens is 1. The summed E-state index contributed by atoms with van der Waals surface area (Å²) in [6, 6.07) is 8.56. The van der Waals surface area contributed by atoms with Gasteiger partial charge in [0.15, 0.2) is 0 Å². The first-order valence-electron chi connectivity index (χ1n) is 10.3. The lowest BCUT2D eigenvalue weighted by Gasteiger charge is -2.25. The van der Waals surface area contributed by atoms with Gasteiger partial charge in [-0.1, -0.05) is 38.5 Å². The standard InChI is InChI=1S/C20H28N2O.CHF3O3S/c1-3-5-11-22-12-9-16(10-13-22)18-15-17-7-6-8-19(20(17)21-18)23-14-4-2;2-1(3,4)8(5,6)7/h6-9,15,21H,3-5,10-14H2,1-2H3;(H,5,6,7). The molecule has 6 nitrogen and oxygen atoms in total. The van der Waals surface area contributed by atoms with Crippen LogP contribution in [0.5, 0.6) is 5.75 Å². The molecule has 3 rings (SSSR count). The monoisotopic (exact) mass is 462 g/mol. The van der Waals surface area contributed by atoms with Crippen LogP contribution in [0.3, 0.4) is 0 Å². The van der Waals surface area contributed by atoms with Crippen molar-refractivity contribution in [3.05, 3.63) is 36.0 Å². The van der Waals surface area contributed by atoms with Crippen LogP contribution in [-0.4, -0.2) is 54.6 Å². The van der Waals surface area contributed by atoms with Gasteiger partial charge in [-0.05, 0) is 43.5 Å². The molecule has 2 heterocycles. The third-order valence-electron chi connectivity index (χ3n) is 4.84. The number of rotatable bonds is 7. The Hall–Kier alpha value is -2.04. The summed E-state index contributed by atoms with van der Waals surface area (Å²) in [5, 5.41) is 1.24. The largest absolute Gasteiger partial charge is 0.522 e. The first-order chi connectivity index (χ1) is 14.6. The normalized spacial score (nSPS) is 15.4. The fourth-order valence-electron chi connectivity index (χ4n) is 3.17. The Kier molecular flexibility index (Phi) is 8.96. The Balaban J connectivity index is 0.000000366. The zero-order chi connectivity index (χ0) is 23.1. The number of nitrogens with one attached hydrogen (secondary N) is 1. The predicted molar refractivity (Wildman–Crippen MR) is 116 cm³/mol. The Morgan fingerprint density at radius 1 is 1.23 bits per heavy atom. The average Bonchev–Trinajstić information content (AvgIpc) is 3.15. The lowest BCUT2D eigenvalue weighted by molar-refractivity contribution is -0.0510. The van der Waals surface area contributed by atoms with Crippen molar-refractivity contribution in [1.29, 1.82) is 0 Å². The number of nitrogens with zero attached hydrogens (tertiary/aromatic N) is 1. The number of ether oxygens (including phenoxy) is 1. The van der Waals surface area contributed by atoms with Crippen LogP contribution in [0.2, 0.25) is 0 Å². The first kappa shape index (κ1) is 25.2. The highest BCUT2D eigenvalue weighted by Gasteiger charge is 2.44. The number of benzene rings is 1. The number of fused-ring (bicyclic) bond motifs is 1. The van der Waals surface area contributed by atoms with E-state index < -0.39 is 15.6 Å². The zero-order valence-corrected chi connectivity index (χ0v) is 18.5. The van der Waals surface area contributed by atoms with Gasteiger partial charge in [-0.15, -0.1) is 0 Å². The van der Waals surface area contributed by atoms with E-state index in [4.69, 9.17) is 17.7 Å². The second kappa shape index (κ2) is 11.0. The number of halogens is 3. The summed E-state index contributed by atoms with van der Waals surface area (Å²) in [4.78, 5) is 6.14. The number of hydrogen-bond acceptors (Lipinski definition) is 4. The second-order valence-electron chi connectivity index (χ2n) is 7.31. The van der Waals surface area contributed by atoms with Crippen molar-refractivity contribution in [3.63, 3.8) is 0 Å². The molecule has 0 saturated carbocycles. The van der Waals surface area contributed by atoms with Crippen molar-refractivity contribution >= 4 is 26.6 Å². The molecule has 0 atom stereocenters. The van der Waals surface area contributed by atoms with Gasteiger partial charge in [0.05, 0.1) is 12.1 Å². The summed E-state index contributed by atoms with van der Waals surface area (Å²) in [7, 11) is -5.84. The lowest BCUT2D eigenvalue weighted by Crippen LogP contribution is -2.29. The molecule has 1 aliphatic rings. The van der Waals surface area contributed by atoms with Gasteiger partial charge in [0.2, 0.25) is 0 Å². The van der Waals surface area contributed by atoms with Crippen molar-refractivity contribution in [2.75, 3.05) is 26.2 Å². The van der Waals surface area contributed by atoms with E-state index in [0.29, 0.717) is 0 Å². The van der Waals surface area contributed by atoms with E-state index in [1.807, 2.05) is 0 Å². The van der Waals surface area contributed by atoms with Crippen molar-refractivity contribution < 1.29 is 30.9 Å². The highest BCUT2D eigenvalue weighted by molar-refractivity contribution is 7.86. The molecule has 2 N–H and O–H groups in total. The van der Waals surface area contributed by atoms with Crippen LogP contribution < -0.4 is 4.74 Å². The molecular weight excluding hydrogens is 433 g/mol. The molecule has 1 aliphatic heterocycles. The third-order valence-corrected chi connectivity index (χ3v) is 5.42. The maximum absolute atomic E-state index is 10.7. The van der Waals surface area contributed by atoms with Gasteiger partial charge in [-0.25, -0.2) is 0 Å². The van der Waals surface area contributed by atoms with Crippen LogP contribution in [0.15, 0.2) is 30.3 Å². The molecule has 1 aromatic heterocycles.